The van der Waals surface area contributed by atoms with E-state index in [0.29, 0.717) is 29.9 Å². The Morgan fingerprint density at radius 2 is 1.88 bits per heavy atom. The molecule has 0 aliphatic carbocycles. The molecule has 3 heterocycles. The normalized spacial score (nSPS) is 15.9. The Bertz CT molecular complexity index is 1370. The second kappa shape index (κ2) is 7.22. The van der Waals surface area contributed by atoms with Crippen LogP contribution in [0.25, 0.3) is 22.2 Å². The molecule has 1 amide bonds. The van der Waals surface area contributed by atoms with Gasteiger partial charge in [-0.05, 0) is 50.1 Å². The SMILES string of the molecule is Cc1cc(C(=O)N2CCc3c(nn(C)c3-c3cc(F)c(F)c(F)c3)C2C)cc2cn[nH]c12. The van der Waals surface area contributed by atoms with E-state index in [2.05, 4.69) is 15.3 Å². The van der Waals surface area contributed by atoms with Crippen LogP contribution in [0.3, 0.4) is 0 Å². The zero-order valence-electron chi connectivity index (χ0n) is 17.7. The van der Waals surface area contributed by atoms with Crippen LogP contribution in [0.15, 0.2) is 30.5 Å². The van der Waals surface area contributed by atoms with Gasteiger partial charge >= 0.3 is 0 Å². The van der Waals surface area contributed by atoms with E-state index < -0.39 is 17.5 Å². The van der Waals surface area contributed by atoms with Gasteiger partial charge in [-0.15, -0.1) is 0 Å². The molecule has 0 saturated carbocycles. The van der Waals surface area contributed by atoms with Crippen LogP contribution < -0.4 is 0 Å². The molecule has 1 atom stereocenters. The van der Waals surface area contributed by atoms with Crippen molar-refractivity contribution in [1.29, 1.82) is 0 Å². The van der Waals surface area contributed by atoms with Crippen LogP contribution in [0.4, 0.5) is 13.2 Å². The van der Waals surface area contributed by atoms with Gasteiger partial charge in [-0.1, -0.05) is 0 Å². The smallest absolute Gasteiger partial charge is 0.254 e. The van der Waals surface area contributed by atoms with Crippen molar-refractivity contribution < 1.29 is 18.0 Å². The van der Waals surface area contributed by atoms with Gasteiger partial charge in [0.15, 0.2) is 17.5 Å². The minimum Gasteiger partial charge on any atom is -0.330 e. The number of carbonyl (C=O) groups excluding carboxylic acids is 1. The Morgan fingerprint density at radius 3 is 2.59 bits per heavy atom. The second-order valence-corrected chi connectivity index (χ2v) is 8.14. The molecule has 0 spiro atoms. The summed E-state index contributed by atoms with van der Waals surface area (Å²) < 4.78 is 42.7. The predicted molar refractivity (Wildman–Crippen MR) is 113 cm³/mol. The van der Waals surface area contributed by atoms with Gasteiger partial charge in [0.1, 0.15) is 0 Å². The molecular formula is C23H20F3N5O. The number of nitrogens with one attached hydrogen (secondary N) is 1. The average Bonchev–Trinajstić information content (AvgIpc) is 3.36. The number of hydrogen-bond donors (Lipinski definition) is 1. The Balaban J connectivity index is 1.52. The zero-order chi connectivity index (χ0) is 22.7. The van der Waals surface area contributed by atoms with Crippen molar-refractivity contribution in [3.05, 3.63) is 70.3 Å². The summed E-state index contributed by atoms with van der Waals surface area (Å²) in [4.78, 5) is 15.1. The third kappa shape index (κ3) is 2.99. The zero-order valence-corrected chi connectivity index (χ0v) is 17.7. The molecule has 0 saturated heterocycles. The number of benzene rings is 2. The number of carbonyl (C=O) groups is 1. The number of nitrogens with zero attached hydrogens (tertiary/aromatic N) is 4. The molecule has 5 rings (SSSR count). The first kappa shape index (κ1) is 20.3. The van der Waals surface area contributed by atoms with Crippen molar-refractivity contribution in [1.82, 2.24) is 24.9 Å². The van der Waals surface area contributed by atoms with Crippen LogP contribution in [-0.2, 0) is 13.5 Å². The van der Waals surface area contributed by atoms with Gasteiger partial charge in [0.05, 0.1) is 29.1 Å². The van der Waals surface area contributed by atoms with Gasteiger partial charge in [-0.25, -0.2) is 13.2 Å². The number of hydrogen-bond acceptors (Lipinski definition) is 3. The molecule has 2 aromatic carbocycles. The summed E-state index contributed by atoms with van der Waals surface area (Å²) in [5.41, 5.74) is 4.57. The lowest BCUT2D eigenvalue weighted by atomic mass is 9.94. The van der Waals surface area contributed by atoms with E-state index in [1.807, 2.05) is 26.0 Å². The largest absolute Gasteiger partial charge is 0.330 e. The van der Waals surface area contributed by atoms with Crippen molar-refractivity contribution in [3.8, 4) is 11.3 Å². The number of amides is 1. The average molecular weight is 439 g/mol. The second-order valence-electron chi connectivity index (χ2n) is 8.14. The third-order valence-electron chi connectivity index (χ3n) is 6.15. The third-order valence-corrected chi connectivity index (χ3v) is 6.15. The number of aromatic nitrogens is 4. The fraction of sp³-hybridized carbons (Fsp3) is 0.261. The number of aryl methyl sites for hydroxylation is 2. The van der Waals surface area contributed by atoms with Crippen LogP contribution >= 0.6 is 0 Å². The maximum absolute atomic E-state index is 13.8. The molecule has 1 aliphatic heterocycles. The van der Waals surface area contributed by atoms with Gasteiger partial charge in [0.25, 0.3) is 5.91 Å². The van der Waals surface area contributed by atoms with Crippen LogP contribution in [0.2, 0.25) is 0 Å². The molecule has 32 heavy (non-hydrogen) atoms. The standard InChI is InChI=1S/C23H20F3N5O/c1-11-6-14(7-15-10-27-28-20(11)15)23(32)31-5-4-16-21(12(31)2)29-30(3)22(16)13-8-17(24)19(26)18(25)9-13/h6-10,12H,4-5H2,1-3H3,(H,27,28). The quantitative estimate of drug-likeness (QED) is 0.470. The van der Waals surface area contributed by atoms with Gasteiger partial charge in [0.2, 0.25) is 0 Å². The first-order valence-corrected chi connectivity index (χ1v) is 10.2. The monoisotopic (exact) mass is 439 g/mol. The highest BCUT2D eigenvalue weighted by Gasteiger charge is 2.34. The Hall–Kier alpha value is -3.62. The van der Waals surface area contributed by atoms with E-state index in [1.54, 1.807) is 18.1 Å². The lowest BCUT2D eigenvalue weighted by Gasteiger charge is -2.33. The van der Waals surface area contributed by atoms with Crippen molar-refractivity contribution >= 4 is 16.8 Å². The van der Waals surface area contributed by atoms with Crippen molar-refractivity contribution in [2.45, 2.75) is 26.3 Å². The molecule has 4 aromatic rings. The van der Waals surface area contributed by atoms with Crippen LogP contribution in [0.5, 0.6) is 0 Å². The molecule has 1 N–H and O–H groups in total. The van der Waals surface area contributed by atoms with Gasteiger partial charge in [-0.2, -0.15) is 10.2 Å². The molecule has 1 aliphatic rings. The first-order valence-electron chi connectivity index (χ1n) is 10.2. The fourth-order valence-electron chi connectivity index (χ4n) is 4.60. The lowest BCUT2D eigenvalue weighted by molar-refractivity contribution is 0.0673. The maximum Gasteiger partial charge on any atom is 0.254 e. The highest BCUT2D eigenvalue weighted by atomic mass is 19.2. The molecule has 0 fully saturated rings. The van der Waals surface area contributed by atoms with Gasteiger partial charge < -0.3 is 4.90 Å². The molecule has 164 valence electrons. The molecule has 6 nitrogen and oxygen atoms in total. The summed E-state index contributed by atoms with van der Waals surface area (Å²) in [5, 5.41) is 12.4. The highest BCUT2D eigenvalue weighted by Crippen LogP contribution is 2.37. The molecule has 0 bridgehead atoms. The Morgan fingerprint density at radius 1 is 1.16 bits per heavy atom. The summed E-state index contributed by atoms with van der Waals surface area (Å²) in [5.74, 6) is -4.12. The van der Waals surface area contributed by atoms with E-state index in [9.17, 15) is 18.0 Å². The minimum atomic E-state index is -1.50. The van der Waals surface area contributed by atoms with Crippen molar-refractivity contribution in [2.75, 3.05) is 6.54 Å². The van der Waals surface area contributed by atoms with Crippen LogP contribution in [0, 0.1) is 24.4 Å². The van der Waals surface area contributed by atoms with E-state index in [0.717, 1.165) is 34.2 Å². The highest BCUT2D eigenvalue weighted by molar-refractivity contribution is 5.99. The lowest BCUT2D eigenvalue weighted by Crippen LogP contribution is -2.39. The summed E-state index contributed by atoms with van der Waals surface area (Å²) in [6.07, 6.45) is 2.14. The molecule has 0 radical (unpaired) electrons. The molecule has 1 unspecified atom stereocenters. The summed E-state index contributed by atoms with van der Waals surface area (Å²) >= 11 is 0. The van der Waals surface area contributed by atoms with Crippen LogP contribution in [-0.4, -0.2) is 37.3 Å². The maximum atomic E-state index is 13.8. The van der Waals surface area contributed by atoms with Crippen LogP contribution in [0.1, 0.15) is 40.1 Å². The van der Waals surface area contributed by atoms with Crippen molar-refractivity contribution in [2.24, 2.45) is 7.05 Å². The Labute approximate surface area is 181 Å². The Kier molecular flexibility index (Phi) is 4.58. The van der Waals surface area contributed by atoms with Gasteiger partial charge in [-0.3, -0.25) is 14.6 Å². The fourth-order valence-corrected chi connectivity index (χ4v) is 4.60. The number of halogens is 3. The number of fused-ring (bicyclic) bond motifs is 2. The van der Waals surface area contributed by atoms with E-state index in [1.165, 1.54) is 4.68 Å². The summed E-state index contributed by atoms with van der Waals surface area (Å²) in [7, 11) is 1.67. The minimum absolute atomic E-state index is 0.125. The number of H-pyrrole nitrogens is 1. The first-order chi connectivity index (χ1) is 15.3. The molecular weight excluding hydrogens is 419 g/mol. The van der Waals surface area contributed by atoms with Crippen molar-refractivity contribution in [3.63, 3.8) is 0 Å². The number of rotatable bonds is 2. The molecule has 2 aromatic heterocycles. The summed E-state index contributed by atoms with van der Waals surface area (Å²) in [6.45, 7) is 4.21. The number of aromatic amines is 1. The topological polar surface area (TPSA) is 66.8 Å². The predicted octanol–water partition coefficient (Wildman–Crippen LogP) is 4.45. The van der Waals surface area contributed by atoms with E-state index in [4.69, 9.17) is 0 Å². The summed E-state index contributed by atoms with van der Waals surface area (Å²) in [6, 6.07) is 5.24. The van der Waals surface area contributed by atoms with Gasteiger partial charge in [0, 0.05) is 35.7 Å². The molecule has 9 heteroatoms. The van der Waals surface area contributed by atoms with E-state index in [-0.39, 0.29) is 17.5 Å². The van der Waals surface area contributed by atoms with E-state index >= 15 is 0 Å².